The van der Waals surface area contributed by atoms with Crippen molar-refractivity contribution in [3.63, 3.8) is 0 Å². The van der Waals surface area contributed by atoms with Crippen molar-refractivity contribution in [2.24, 2.45) is 0 Å². The highest BCUT2D eigenvalue weighted by molar-refractivity contribution is 9.10. The lowest BCUT2D eigenvalue weighted by Crippen LogP contribution is -2.33. The van der Waals surface area contributed by atoms with Crippen molar-refractivity contribution in [3.05, 3.63) is 58.2 Å². The van der Waals surface area contributed by atoms with Crippen LogP contribution in [0.5, 0.6) is 0 Å². The molecule has 3 aromatic rings. The maximum atomic E-state index is 13.7. The summed E-state index contributed by atoms with van der Waals surface area (Å²) in [4.78, 5) is 24.7. The van der Waals surface area contributed by atoms with Gasteiger partial charge in [-0.15, -0.1) is 0 Å². The van der Waals surface area contributed by atoms with E-state index in [0.29, 0.717) is 29.2 Å². The van der Waals surface area contributed by atoms with E-state index in [1.165, 1.54) is 18.9 Å². The predicted octanol–water partition coefficient (Wildman–Crippen LogP) is 6.28. The van der Waals surface area contributed by atoms with Gasteiger partial charge >= 0.3 is 0 Å². The van der Waals surface area contributed by atoms with Crippen LogP contribution in [0.2, 0.25) is 0 Å². The van der Waals surface area contributed by atoms with E-state index in [-0.39, 0.29) is 11.7 Å². The lowest BCUT2D eigenvalue weighted by molar-refractivity contribution is 0.0733. The molecule has 0 bridgehead atoms. The molecule has 1 fully saturated rings. The van der Waals surface area contributed by atoms with Crippen molar-refractivity contribution < 1.29 is 9.18 Å². The number of amides is 1. The summed E-state index contributed by atoms with van der Waals surface area (Å²) >= 11 is 3.20. The molecule has 1 saturated carbocycles. The Morgan fingerprint density at radius 2 is 2.06 bits per heavy atom. The van der Waals surface area contributed by atoms with E-state index in [1.54, 1.807) is 18.3 Å². The van der Waals surface area contributed by atoms with Crippen molar-refractivity contribution in [1.82, 2.24) is 19.4 Å². The number of carbonyl (C=O) groups is 1. The molecule has 0 aliphatic heterocycles. The number of nitrogens with zero attached hydrogens (tertiary/aromatic N) is 4. The molecule has 31 heavy (non-hydrogen) atoms. The number of hydrogen-bond donors (Lipinski definition) is 0. The molecule has 0 atom stereocenters. The van der Waals surface area contributed by atoms with Crippen LogP contribution < -0.4 is 0 Å². The Balaban J connectivity index is 1.68. The van der Waals surface area contributed by atoms with Gasteiger partial charge in [0.1, 0.15) is 17.2 Å². The summed E-state index contributed by atoms with van der Waals surface area (Å²) < 4.78 is 16.3. The van der Waals surface area contributed by atoms with Crippen molar-refractivity contribution in [3.8, 4) is 0 Å². The van der Waals surface area contributed by atoms with Crippen molar-refractivity contribution >= 4 is 33.0 Å². The van der Waals surface area contributed by atoms with Gasteiger partial charge in [-0.3, -0.25) is 4.79 Å². The number of aromatic nitrogens is 3. The Hall–Kier alpha value is -2.28. The zero-order valence-corrected chi connectivity index (χ0v) is 19.4. The molecule has 0 radical (unpaired) electrons. The second-order valence-corrected chi connectivity index (χ2v) is 9.10. The minimum atomic E-state index is -0.372. The summed E-state index contributed by atoms with van der Waals surface area (Å²) in [5, 5.41) is 0. The molecule has 0 saturated heterocycles. The van der Waals surface area contributed by atoms with E-state index in [4.69, 9.17) is 4.98 Å². The van der Waals surface area contributed by atoms with Crippen LogP contribution in [0.1, 0.15) is 74.1 Å². The van der Waals surface area contributed by atoms with Gasteiger partial charge in [0.15, 0.2) is 5.65 Å². The third-order valence-corrected chi connectivity index (χ3v) is 6.64. The maximum absolute atomic E-state index is 13.7. The van der Waals surface area contributed by atoms with Crippen LogP contribution in [0.3, 0.4) is 0 Å². The zero-order valence-electron chi connectivity index (χ0n) is 17.9. The third kappa shape index (κ3) is 4.81. The topological polar surface area (TPSA) is 51.0 Å². The SMILES string of the molecule is CCCCCN(Cc1nc2cccnc2n1C1CCCC1)C(=O)c1ccc(F)c(Br)c1. The van der Waals surface area contributed by atoms with Gasteiger partial charge in [0.05, 0.1) is 11.0 Å². The van der Waals surface area contributed by atoms with E-state index in [2.05, 4.69) is 32.4 Å². The number of rotatable bonds is 8. The number of hydrogen-bond acceptors (Lipinski definition) is 3. The molecule has 1 aliphatic carbocycles. The van der Waals surface area contributed by atoms with Gasteiger partial charge in [0.25, 0.3) is 5.91 Å². The van der Waals surface area contributed by atoms with Gasteiger partial charge in [-0.05, 0) is 65.5 Å². The average molecular weight is 487 g/mol. The van der Waals surface area contributed by atoms with E-state index in [1.807, 2.05) is 17.0 Å². The Kier molecular flexibility index (Phi) is 7.00. The first-order chi connectivity index (χ1) is 15.1. The Morgan fingerprint density at radius 3 is 2.81 bits per heavy atom. The van der Waals surface area contributed by atoms with E-state index in [9.17, 15) is 9.18 Å². The predicted molar refractivity (Wildman–Crippen MR) is 123 cm³/mol. The van der Waals surface area contributed by atoms with E-state index < -0.39 is 0 Å². The van der Waals surface area contributed by atoms with Gasteiger partial charge < -0.3 is 9.47 Å². The molecule has 0 N–H and O–H groups in total. The van der Waals surface area contributed by atoms with E-state index >= 15 is 0 Å². The maximum Gasteiger partial charge on any atom is 0.254 e. The van der Waals surface area contributed by atoms with Gasteiger partial charge in [0, 0.05) is 24.3 Å². The summed E-state index contributed by atoms with van der Waals surface area (Å²) in [7, 11) is 0. The summed E-state index contributed by atoms with van der Waals surface area (Å²) in [5.74, 6) is 0.407. The zero-order chi connectivity index (χ0) is 21.8. The largest absolute Gasteiger partial charge is 0.331 e. The first-order valence-electron chi connectivity index (χ1n) is 11.1. The number of carbonyl (C=O) groups excluding carboxylic acids is 1. The van der Waals surface area contributed by atoms with Gasteiger partial charge in [0.2, 0.25) is 0 Å². The smallest absolute Gasteiger partial charge is 0.254 e. The van der Waals surface area contributed by atoms with Gasteiger partial charge in [-0.2, -0.15) is 0 Å². The molecule has 0 unspecified atom stereocenters. The first kappa shape index (κ1) is 21.9. The lowest BCUT2D eigenvalue weighted by atomic mass is 10.1. The number of imidazole rings is 1. The molecule has 1 amide bonds. The molecular weight excluding hydrogens is 459 g/mol. The molecule has 4 rings (SSSR count). The summed E-state index contributed by atoms with van der Waals surface area (Å²) in [6.45, 7) is 3.21. The standard InChI is InChI=1S/C24H28BrFN4O/c1-2-3-6-14-29(24(31)17-11-12-20(26)19(25)15-17)16-22-28-21-10-7-13-27-23(21)30(22)18-8-4-5-9-18/h7,10-13,15,18H,2-6,8-9,14,16H2,1H3. The molecule has 0 spiro atoms. The second kappa shape index (κ2) is 9.90. The van der Waals surface area contributed by atoms with Crippen molar-refractivity contribution in [2.75, 3.05) is 6.54 Å². The molecular formula is C24H28BrFN4O. The first-order valence-corrected chi connectivity index (χ1v) is 11.9. The van der Waals surface area contributed by atoms with Crippen LogP contribution in [0.25, 0.3) is 11.2 Å². The van der Waals surface area contributed by atoms with Crippen molar-refractivity contribution in [2.45, 2.75) is 64.5 Å². The Morgan fingerprint density at radius 1 is 1.26 bits per heavy atom. The average Bonchev–Trinajstić information content (AvgIpc) is 3.41. The van der Waals surface area contributed by atoms with Gasteiger partial charge in [-0.1, -0.05) is 32.6 Å². The second-order valence-electron chi connectivity index (χ2n) is 8.25. The van der Waals surface area contributed by atoms with Crippen molar-refractivity contribution in [1.29, 1.82) is 0 Å². The van der Waals surface area contributed by atoms with Gasteiger partial charge in [-0.25, -0.2) is 14.4 Å². The summed E-state index contributed by atoms with van der Waals surface area (Å²) in [5.41, 5.74) is 2.25. The highest BCUT2D eigenvalue weighted by Crippen LogP contribution is 2.33. The number of pyridine rings is 1. The fraction of sp³-hybridized carbons (Fsp3) is 0.458. The highest BCUT2D eigenvalue weighted by Gasteiger charge is 2.26. The quantitative estimate of drug-likeness (QED) is 0.352. The fourth-order valence-electron chi connectivity index (χ4n) is 4.42. The molecule has 2 heterocycles. The molecule has 1 aliphatic rings. The normalized spacial score (nSPS) is 14.4. The summed E-state index contributed by atoms with van der Waals surface area (Å²) in [6, 6.07) is 8.71. The van der Waals surface area contributed by atoms with Crippen LogP contribution in [-0.2, 0) is 6.54 Å². The molecule has 164 valence electrons. The summed E-state index contributed by atoms with van der Waals surface area (Å²) in [6.07, 6.45) is 9.50. The third-order valence-electron chi connectivity index (χ3n) is 6.03. The fourth-order valence-corrected chi connectivity index (χ4v) is 4.80. The van der Waals surface area contributed by atoms with Crippen LogP contribution in [0, 0.1) is 5.82 Å². The number of benzene rings is 1. The molecule has 2 aromatic heterocycles. The highest BCUT2D eigenvalue weighted by atomic mass is 79.9. The number of unbranched alkanes of at least 4 members (excludes halogenated alkanes) is 2. The lowest BCUT2D eigenvalue weighted by Gasteiger charge is -2.24. The Labute approximate surface area is 190 Å². The molecule has 7 heteroatoms. The molecule has 1 aromatic carbocycles. The monoisotopic (exact) mass is 486 g/mol. The number of halogens is 2. The van der Waals surface area contributed by atoms with Crippen LogP contribution in [-0.4, -0.2) is 31.9 Å². The number of fused-ring (bicyclic) bond motifs is 1. The minimum absolute atomic E-state index is 0.102. The van der Waals surface area contributed by atoms with Crippen LogP contribution in [0.4, 0.5) is 4.39 Å². The van der Waals surface area contributed by atoms with E-state index in [0.717, 1.165) is 49.1 Å². The minimum Gasteiger partial charge on any atom is -0.331 e. The van der Waals surface area contributed by atoms with Crippen LogP contribution in [0.15, 0.2) is 41.0 Å². The Bertz CT molecular complexity index is 1060. The molecule has 5 nitrogen and oxygen atoms in total. The van der Waals surface area contributed by atoms with Crippen LogP contribution >= 0.6 is 15.9 Å².